The van der Waals surface area contributed by atoms with Crippen molar-refractivity contribution in [3.63, 3.8) is 0 Å². The Morgan fingerprint density at radius 1 is 1.18 bits per heavy atom. The van der Waals surface area contributed by atoms with Crippen LogP contribution in [0.2, 0.25) is 0 Å². The van der Waals surface area contributed by atoms with E-state index >= 15 is 0 Å². The van der Waals surface area contributed by atoms with Crippen LogP contribution < -0.4 is 10.6 Å². The Kier molecular flexibility index (Phi) is 9.01. The minimum absolute atomic E-state index is 0. The van der Waals surface area contributed by atoms with E-state index in [0.29, 0.717) is 10.8 Å². The van der Waals surface area contributed by atoms with Crippen molar-refractivity contribution in [3.8, 4) is 0 Å². The fourth-order valence-corrected chi connectivity index (χ4v) is 4.20. The van der Waals surface area contributed by atoms with Crippen molar-refractivity contribution >= 4 is 39.8 Å². The van der Waals surface area contributed by atoms with E-state index in [0.717, 1.165) is 43.6 Å². The normalized spacial score (nSPS) is 20.6. The summed E-state index contributed by atoms with van der Waals surface area (Å²) < 4.78 is 23.0. The lowest BCUT2D eigenvalue weighted by Gasteiger charge is -2.15. The molecule has 0 aromatic heterocycles. The fraction of sp³-hybridized carbons (Fsp3) is 0.650. The molecule has 0 amide bonds. The molecular formula is C20H33IN4O2S. The summed E-state index contributed by atoms with van der Waals surface area (Å²) in [6.45, 7) is 6.99. The van der Waals surface area contributed by atoms with Gasteiger partial charge in [0.25, 0.3) is 0 Å². The summed E-state index contributed by atoms with van der Waals surface area (Å²) in [6, 6.07) is 7.98. The summed E-state index contributed by atoms with van der Waals surface area (Å²) >= 11 is 0. The van der Waals surface area contributed by atoms with Crippen molar-refractivity contribution in [2.75, 3.05) is 39.0 Å². The molecular weight excluding hydrogens is 487 g/mol. The average Bonchev–Trinajstić information content (AvgIpc) is 3.38. The first kappa shape index (κ1) is 23.4. The number of hydrogen-bond donors (Lipinski definition) is 2. The van der Waals surface area contributed by atoms with Crippen LogP contribution in [0.1, 0.15) is 31.7 Å². The van der Waals surface area contributed by atoms with Gasteiger partial charge in [0.1, 0.15) is 0 Å². The highest BCUT2D eigenvalue weighted by Gasteiger charge is 2.34. The lowest BCUT2D eigenvalue weighted by molar-refractivity contribution is 0.315. The maximum atomic E-state index is 11.5. The number of nitrogens with one attached hydrogen (secondary N) is 2. The Morgan fingerprint density at radius 3 is 2.50 bits per heavy atom. The van der Waals surface area contributed by atoms with Crippen LogP contribution in [-0.2, 0) is 16.3 Å². The van der Waals surface area contributed by atoms with Crippen LogP contribution in [0.5, 0.6) is 0 Å². The molecule has 2 fully saturated rings. The number of rotatable bonds is 8. The molecule has 158 valence electrons. The van der Waals surface area contributed by atoms with Crippen LogP contribution in [0.3, 0.4) is 0 Å². The fourth-order valence-electron chi connectivity index (χ4n) is 3.57. The van der Waals surface area contributed by atoms with Gasteiger partial charge in [0.05, 0.1) is 4.90 Å². The molecule has 1 unspecified atom stereocenters. The molecule has 0 radical (unpaired) electrons. The quantitative estimate of drug-likeness (QED) is 0.313. The largest absolute Gasteiger partial charge is 0.357 e. The lowest BCUT2D eigenvalue weighted by Crippen LogP contribution is -2.38. The minimum Gasteiger partial charge on any atom is -0.357 e. The first-order valence-corrected chi connectivity index (χ1v) is 11.9. The Labute approximate surface area is 186 Å². The van der Waals surface area contributed by atoms with Gasteiger partial charge in [-0.05, 0) is 62.8 Å². The first-order valence-electron chi connectivity index (χ1n) is 10.0. The predicted molar refractivity (Wildman–Crippen MR) is 125 cm³/mol. The van der Waals surface area contributed by atoms with Gasteiger partial charge >= 0.3 is 0 Å². The van der Waals surface area contributed by atoms with E-state index in [1.165, 1.54) is 38.6 Å². The molecule has 1 aliphatic carbocycles. The first-order chi connectivity index (χ1) is 13.0. The average molecular weight is 520 g/mol. The van der Waals surface area contributed by atoms with Gasteiger partial charge in [-0.15, -0.1) is 24.0 Å². The summed E-state index contributed by atoms with van der Waals surface area (Å²) in [4.78, 5) is 7.77. The van der Waals surface area contributed by atoms with Gasteiger partial charge in [0, 0.05) is 38.5 Å². The molecule has 0 bridgehead atoms. The molecule has 0 spiro atoms. The van der Waals surface area contributed by atoms with Crippen molar-refractivity contribution in [1.82, 2.24) is 15.5 Å². The maximum Gasteiger partial charge on any atom is 0.191 e. The van der Waals surface area contributed by atoms with Gasteiger partial charge in [-0.2, -0.15) is 0 Å². The second kappa shape index (κ2) is 10.8. The van der Waals surface area contributed by atoms with Crippen molar-refractivity contribution in [2.45, 2.75) is 43.5 Å². The molecule has 1 aromatic carbocycles. The zero-order chi connectivity index (χ0) is 19.3. The third-order valence-electron chi connectivity index (χ3n) is 5.29. The second-order valence-electron chi connectivity index (χ2n) is 7.69. The molecule has 1 saturated carbocycles. The highest BCUT2D eigenvalue weighted by atomic mass is 127. The van der Waals surface area contributed by atoms with E-state index in [9.17, 15) is 8.42 Å². The van der Waals surface area contributed by atoms with E-state index in [2.05, 4.69) is 22.5 Å². The number of aliphatic imine (C=N–C) groups is 1. The number of benzene rings is 1. The summed E-state index contributed by atoms with van der Waals surface area (Å²) in [7, 11) is -3.13. The molecule has 2 aliphatic rings. The molecule has 8 heteroatoms. The van der Waals surface area contributed by atoms with Crippen molar-refractivity contribution in [2.24, 2.45) is 10.9 Å². The van der Waals surface area contributed by atoms with Crippen molar-refractivity contribution in [3.05, 3.63) is 29.8 Å². The Balaban J connectivity index is 0.00000280. The maximum absolute atomic E-state index is 11.5. The van der Waals surface area contributed by atoms with Crippen LogP contribution in [0, 0.1) is 5.92 Å². The molecule has 1 aromatic rings. The Bertz CT molecular complexity index is 748. The van der Waals surface area contributed by atoms with Gasteiger partial charge in [0.15, 0.2) is 15.8 Å². The van der Waals surface area contributed by atoms with Crippen LogP contribution in [0.4, 0.5) is 0 Å². The third kappa shape index (κ3) is 7.18. The number of nitrogens with zero attached hydrogens (tertiary/aromatic N) is 2. The van der Waals surface area contributed by atoms with Crippen LogP contribution in [0.25, 0.3) is 0 Å². The smallest absolute Gasteiger partial charge is 0.191 e. The van der Waals surface area contributed by atoms with Gasteiger partial charge in [-0.1, -0.05) is 12.1 Å². The van der Waals surface area contributed by atoms with Gasteiger partial charge in [-0.3, -0.25) is 4.99 Å². The molecule has 1 aliphatic heterocycles. The molecule has 1 atom stereocenters. The molecule has 28 heavy (non-hydrogen) atoms. The van der Waals surface area contributed by atoms with E-state index in [1.54, 1.807) is 12.1 Å². The second-order valence-corrected chi connectivity index (χ2v) is 9.71. The Hall–Kier alpha value is -0.870. The van der Waals surface area contributed by atoms with E-state index in [4.69, 9.17) is 4.99 Å². The summed E-state index contributed by atoms with van der Waals surface area (Å²) in [5, 5.41) is 6.71. The number of guanidine groups is 1. The lowest BCUT2D eigenvalue weighted by atomic mass is 10.1. The van der Waals surface area contributed by atoms with Gasteiger partial charge in [0.2, 0.25) is 0 Å². The molecule has 6 nitrogen and oxygen atoms in total. The van der Waals surface area contributed by atoms with Gasteiger partial charge in [-0.25, -0.2) is 8.42 Å². The topological polar surface area (TPSA) is 73.8 Å². The highest BCUT2D eigenvalue weighted by Crippen LogP contribution is 2.31. The molecule has 1 saturated heterocycles. The Morgan fingerprint density at radius 2 is 1.89 bits per heavy atom. The summed E-state index contributed by atoms with van der Waals surface area (Å²) in [5.74, 6) is 1.54. The highest BCUT2D eigenvalue weighted by molar-refractivity contribution is 14.0. The van der Waals surface area contributed by atoms with Crippen LogP contribution >= 0.6 is 24.0 Å². The van der Waals surface area contributed by atoms with E-state index in [1.807, 2.05) is 12.1 Å². The SMILES string of the molecule is CCNC(=NCC1CCN(C2CC2)C1)NCCc1ccc(S(C)(=O)=O)cc1.I. The summed E-state index contributed by atoms with van der Waals surface area (Å²) in [6.07, 6.45) is 6.08. The summed E-state index contributed by atoms with van der Waals surface area (Å²) in [5.41, 5.74) is 1.11. The van der Waals surface area contributed by atoms with Crippen molar-refractivity contribution < 1.29 is 8.42 Å². The molecule has 3 rings (SSSR count). The standard InChI is InChI=1S/C20H32N4O2S.HI/c1-3-21-20(23-14-17-11-13-24(15-17)18-6-7-18)22-12-10-16-4-8-19(9-5-16)27(2,25)26;/h4-5,8-9,17-18H,3,6-7,10-15H2,1-2H3,(H2,21,22,23);1H. The number of hydrogen-bond acceptors (Lipinski definition) is 4. The zero-order valence-electron chi connectivity index (χ0n) is 16.9. The van der Waals surface area contributed by atoms with Crippen LogP contribution in [-0.4, -0.2) is 64.3 Å². The van der Waals surface area contributed by atoms with Crippen molar-refractivity contribution in [1.29, 1.82) is 0 Å². The number of halogens is 1. The van der Waals surface area contributed by atoms with Gasteiger partial charge < -0.3 is 15.5 Å². The number of likely N-dealkylation sites (tertiary alicyclic amines) is 1. The molecule has 2 N–H and O–H groups in total. The zero-order valence-corrected chi connectivity index (χ0v) is 20.0. The van der Waals surface area contributed by atoms with E-state index < -0.39 is 9.84 Å². The third-order valence-corrected chi connectivity index (χ3v) is 6.42. The predicted octanol–water partition coefficient (Wildman–Crippen LogP) is 2.29. The van der Waals surface area contributed by atoms with Crippen LogP contribution in [0.15, 0.2) is 34.2 Å². The van der Waals surface area contributed by atoms with E-state index in [-0.39, 0.29) is 24.0 Å². The molecule has 1 heterocycles. The minimum atomic E-state index is -3.13. The number of sulfone groups is 1. The monoisotopic (exact) mass is 520 g/mol.